The zero-order valence-corrected chi connectivity index (χ0v) is 31.9. The molecule has 0 saturated carbocycles. The van der Waals surface area contributed by atoms with Crippen molar-refractivity contribution in [2.24, 2.45) is 10.8 Å². The van der Waals surface area contributed by atoms with Gasteiger partial charge in [-0.3, -0.25) is 9.59 Å². The van der Waals surface area contributed by atoms with Crippen LogP contribution in [0.1, 0.15) is 79.1 Å². The lowest BCUT2D eigenvalue weighted by Crippen LogP contribution is -2.43. The van der Waals surface area contributed by atoms with Crippen molar-refractivity contribution in [3.05, 3.63) is 48.6 Å². The zero-order chi connectivity index (χ0) is 39.7. The normalized spacial score (nSPS) is 11.1. The molecule has 0 aliphatic carbocycles. The van der Waals surface area contributed by atoms with Crippen molar-refractivity contribution in [1.82, 2.24) is 0 Å². The fraction of sp³-hybridized carbons (Fsp3) is 0.632. The fourth-order valence-electron chi connectivity index (χ4n) is 4.34. The smallest absolute Gasteiger partial charge is 0.333 e. The van der Waals surface area contributed by atoms with Gasteiger partial charge in [-0.05, 0) is 40.5 Å². The van der Waals surface area contributed by atoms with Crippen LogP contribution >= 0.6 is 0 Å². The van der Waals surface area contributed by atoms with Crippen molar-refractivity contribution in [2.75, 3.05) is 67.1 Å². The second kappa shape index (κ2) is 25.6. The van der Waals surface area contributed by atoms with Gasteiger partial charge >= 0.3 is 35.8 Å². The van der Waals surface area contributed by atoms with Gasteiger partial charge in [-0.2, -0.15) is 0 Å². The molecule has 0 heterocycles. The third-order valence-corrected chi connectivity index (χ3v) is 7.42. The minimum Gasteiger partial charge on any atom is -0.465 e. The fourth-order valence-corrected chi connectivity index (χ4v) is 4.34. The molecule has 0 saturated heterocycles. The van der Waals surface area contributed by atoms with E-state index < -0.39 is 46.6 Å². The maximum atomic E-state index is 12.6. The van der Waals surface area contributed by atoms with Crippen molar-refractivity contribution in [2.45, 2.75) is 79.1 Å². The molecule has 0 aromatic rings. The highest BCUT2D eigenvalue weighted by molar-refractivity contribution is 5.88. The second-order valence-electron chi connectivity index (χ2n) is 13.2. The number of unbranched alkanes of at least 4 members (excludes halogenated alkanes) is 5. The van der Waals surface area contributed by atoms with Crippen molar-refractivity contribution in [3.63, 3.8) is 0 Å². The van der Waals surface area contributed by atoms with Crippen molar-refractivity contribution in [3.8, 4) is 0 Å². The van der Waals surface area contributed by atoms with Crippen LogP contribution in [0.4, 0.5) is 0 Å². The predicted octanol–water partition coefficient (Wildman–Crippen LogP) is 4.94. The Balaban J connectivity index is 4.81. The number of methoxy groups -OCH3 is 2. The van der Waals surface area contributed by atoms with E-state index in [0.717, 1.165) is 25.7 Å². The predicted molar refractivity (Wildman–Crippen MR) is 191 cm³/mol. The van der Waals surface area contributed by atoms with E-state index in [9.17, 15) is 28.8 Å². The van der Waals surface area contributed by atoms with Gasteiger partial charge in [-0.15, -0.1) is 0 Å². The highest BCUT2D eigenvalue weighted by Crippen LogP contribution is 2.24. The largest absolute Gasteiger partial charge is 0.465 e. The summed E-state index contributed by atoms with van der Waals surface area (Å²) in [5.74, 6) is -3.50. The topological polar surface area (TPSA) is 176 Å². The molecule has 0 radical (unpaired) electrons. The Morgan fingerprint density at radius 2 is 0.615 bits per heavy atom. The Hall–Kier alpha value is -4.30. The molecular weight excluding hydrogens is 680 g/mol. The molecule has 0 bridgehead atoms. The first-order valence-electron chi connectivity index (χ1n) is 17.0. The van der Waals surface area contributed by atoms with Gasteiger partial charge in [0.25, 0.3) is 0 Å². The summed E-state index contributed by atoms with van der Waals surface area (Å²) in [5.41, 5.74) is -1.54. The van der Waals surface area contributed by atoms with Gasteiger partial charge in [-0.25, -0.2) is 19.2 Å². The van der Waals surface area contributed by atoms with Crippen LogP contribution in [0.5, 0.6) is 0 Å². The summed E-state index contributed by atoms with van der Waals surface area (Å²) in [6.07, 6.45) is 4.59. The minimum atomic E-state index is -1.14. The van der Waals surface area contributed by atoms with Gasteiger partial charge in [-0.1, -0.05) is 52.0 Å². The summed E-state index contributed by atoms with van der Waals surface area (Å²) < 4.78 is 42.7. The molecule has 0 aromatic carbocycles. The Bertz CT molecular complexity index is 1110. The number of ether oxygens (including phenoxy) is 8. The maximum Gasteiger partial charge on any atom is 0.333 e. The molecule has 14 heteroatoms. The molecule has 52 heavy (non-hydrogen) atoms. The van der Waals surface area contributed by atoms with Gasteiger partial charge in [0.05, 0.1) is 24.0 Å². The number of carbonyl (C=O) groups is 6. The number of hydrogen-bond donors (Lipinski definition) is 0. The Morgan fingerprint density at radius 1 is 0.385 bits per heavy atom. The van der Waals surface area contributed by atoms with Crippen molar-refractivity contribution in [1.29, 1.82) is 0 Å². The average Bonchev–Trinajstić information content (AvgIpc) is 3.09. The number of rotatable bonds is 29. The van der Waals surface area contributed by atoms with Crippen LogP contribution in [-0.4, -0.2) is 103 Å². The van der Waals surface area contributed by atoms with Crippen LogP contribution in [0.2, 0.25) is 0 Å². The summed E-state index contributed by atoms with van der Waals surface area (Å²) in [7, 11) is 2.85. The van der Waals surface area contributed by atoms with Crippen LogP contribution in [0.15, 0.2) is 48.6 Å². The van der Waals surface area contributed by atoms with Gasteiger partial charge in [0.1, 0.15) is 39.6 Å². The van der Waals surface area contributed by atoms with Gasteiger partial charge in [0, 0.05) is 49.4 Å². The highest BCUT2D eigenvalue weighted by Gasteiger charge is 2.37. The van der Waals surface area contributed by atoms with Gasteiger partial charge < -0.3 is 37.9 Å². The molecule has 0 aromatic heterocycles. The summed E-state index contributed by atoms with van der Waals surface area (Å²) in [6.45, 7) is 18.8. The quantitative estimate of drug-likeness (QED) is 0.0437. The van der Waals surface area contributed by atoms with Crippen LogP contribution in [0.25, 0.3) is 0 Å². The van der Waals surface area contributed by atoms with Gasteiger partial charge in [0.15, 0.2) is 0 Å². The molecule has 0 rings (SSSR count). The molecular formula is C38H58O14. The molecule has 0 atom stereocenters. The standard InChI is InChI=1S/C38H58O14/c1-27(2)33(41)49-23-37(19-45-9,24-50-34(42)28(3)4)21-47-31(39)17-15-13-11-12-14-16-18-32(40)48-22-38(20-46-10,25-51-35(43)29(5)6)26-52-36(44)30(7)8/h1,3,5,7,11-26H2,2,4,6,8-10H3. The lowest BCUT2D eigenvalue weighted by molar-refractivity contribution is -0.165. The first-order valence-corrected chi connectivity index (χ1v) is 17.0. The van der Waals surface area contributed by atoms with Crippen molar-refractivity contribution >= 4 is 35.8 Å². The van der Waals surface area contributed by atoms with Crippen LogP contribution < -0.4 is 0 Å². The Morgan fingerprint density at radius 3 is 0.846 bits per heavy atom. The SMILES string of the molecule is C=C(C)C(=O)OCC(COC)(COC(=O)CCCCCCCCC(=O)OCC(COC)(COC(=O)C(=C)C)COC(=O)C(=C)C)COC(=O)C(=C)C. The monoisotopic (exact) mass is 738 g/mol. The molecule has 14 nitrogen and oxygen atoms in total. The highest BCUT2D eigenvalue weighted by atomic mass is 16.6. The molecule has 294 valence electrons. The summed E-state index contributed by atoms with van der Waals surface area (Å²) in [5, 5.41) is 0. The third-order valence-electron chi connectivity index (χ3n) is 7.42. The lowest BCUT2D eigenvalue weighted by atomic mass is 9.92. The molecule has 0 N–H and O–H groups in total. The molecule has 0 aliphatic heterocycles. The molecule has 0 fully saturated rings. The molecule has 0 amide bonds. The van der Waals surface area contributed by atoms with Crippen LogP contribution in [-0.2, 0) is 66.7 Å². The van der Waals surface area contributed by atoms with Gasteiger partial charge in [0.2, 0.25) is 0 Å². The molecule has 0 spiro atoms. The minimum absolute atomic E-state index is 0.0233. The van der Waals surface area contributed by atoms with E-state index in [0.29, 0.717) is 12.8 Å². The van der Waals surface area contributed by atoms with Crippen LogP contribution in [0, 0.1) is 10.8 Å². The Kier molecular flexibility index (Phi) is 23.5. The molecule has 0 aliphatic rings. The first kappa shape index (κ1) is 47.7. The Labute approximate surface area is 307 Å². The summed E-state index contributed by atoms with van der Waals surface area (Å²) >= 11 is 0. The number of carbonyl (C=O) groups excluding carboxylic acids is 6. The van der Waals surface area contributed by atoms with E-state index in [1.807, 2.05) is 0 Å². The van der Waals surface area contributed by atoms with E-state index in [4.69, 9.17) is 37.9 Å². The number of hydrogen-bond acceptors (Lipinski definition) is 14. The van der Waals surface area contributed by atoms with E-state index in [-0.39, 0.29) is 88.0 Å². The summed E-state index contributed by atoms with van der Waals surface area (Å²) in [6, 6.07) is 0. The number of esters is 6. The third kappa shape index (κ3) is 20.5. The molecule has 0 unspecified atom stereocenters. The van der Waals surface area contributed by atoms with E-state index in [2.05, 4.69) is 26.3 Å². The first-order chi connectivity index (χ1) is 24.4. The second-order valence-corrected chi connectivity index (χ2v) is 13.2. The zero-order valence-electron chi connectivity index (χ0n) is 31.9. The van der Waals surface area contributed by atoms with E-state index >= 15 is 0 Å². The van der Waals surface area contributed by atoms with Crippen molar-refractivity contribution < 1.29 is 66.7 Å². The average molecular weight is 739 g/mol. The summed E-state index contributed by atoms with van der Waals surface area (Å²) in [4.78, 5) is 73.2. The van der Waals surface area contributed by atoms with E-state index in [1.54, 1.807) is 0 Å². The van der Waals surface area contributed by atoms with E-state index in [1.165, 1.54) is 41.9 Å². The van der Waals surface area contributed by atoms with Crippen LogP contribution in [0.3, 0.4) is 0 Å². The lowest BCUT2D eigenvalue weighted by Gasteiger charge is -2.31. The maximum absolute atomic E-state index is 12.6.